The molecule has 0 aliphatic heterocycles. The summed E-state index contributed by atoms with van der Waals surface area (Å²) in [5.74, 6) is 0. The van der Waals surface area contributed by atoms with Crippen LogP contribution in [0.1, 0.15) is 0 Å². The first-order chi connectivity index (χ1) is 14.5. The zero-order valence-electron chi connectivity index (χ0n) is 15.9. The van der Waals surface area contributed by atoms with E-state index in [1.807, 2.05) is 36.4 Å². The summed E-state index contributed by atoms with van der Waals surface area (Å²) in [6, 6.07) is 18.5. The van der Waals surface area contributed by atoms with Gasteiger partial charge in [-0.1, -0.05) is 60.7 Å². The highest BCUT2D eigenvalue weighted by atomic mass is 79.9. The SMILES string of the molecule is Nc1cncnc1-c1ccccc1.Nc1cncnc1Br.OB(O)c1ccccc1. The molecule has 0 amide bonds. The van der Waals surface area contributed by atoms with Gasteiger partial charge in [-0.3, -0.25) is 0 Å². The monoisotopic (exact) mass is 466 g/mol. The van der Waals surface area contributed by atoms with Gasteiger partial charge in [0.1, 0.15) is 17.3 Å². The van der Waals surface area contributed by atoms with Crippen LogP contribution in [0.15, 0.2) is 90.3 Å². The van der Waals surface area contributed by atoms with Crippen LogP contribution in [0.3, 0.4) is 0 Å². The second-order valence-corrected chi connectivity index (χ2v) is 6.50. The lowest BCUT2D eigenvalue weighted by molar-refractivity contribution is 0.426. The Morgan fingerprint density at radius 1 is 0.733 bits per heavy atom. The summed E-state index contributed by atoms with van der Waals surface area (Å²) in [5, 5.41) is 17.2. The summed E-state index contributed by atoms with van der Waals surface area (Å²) in [7, 11) is -1.34. The van der Waals surface area contributed by atoms with Gasteiger partial charge in [-0.15, -0.1) is 0 Å². The van der Waals surface area contributed by atoms with Gasteiger partial charge in [0.05, 0.1) is 29.5 Å². The van der Waals surface area contributed by atoms with Gasteiger partial charge in [-0.25, -0.2) is 19.9 Å². The van der Waals surface area contributed by atoms with Crippen molar-refractivity contribution in [3.8, 4) is 11.3 Å². The molecule has 0 bridgehead atoms. The molecular weight excluding hydrogens is 447 g/mol. The molecular formula is C20H20BBrN6O2. The quantitative estimate of drug-likeness (QED) is 0.259. The number of nitrogens with two attached hydrogens (primary N) is 2. The normalized spacial score (nSPS) is 9.43. The van der Waals surface area contributed by atoms with Gasteiger partial charge in [-0.05, 0) is 21.4 Å². The Labute approximate surface area is 183 Å². The Kier molecular flexibility index (Phi) is 9.39. The summed E-state index contributed by atoms with van der Waals surface area (Å²) in [4.78, 5) is 15.4. The molecule has 2 aromatic carbocycles. The molecule has 0 radical (unpaired) electrons. The minimum absolute atomic E-state index is 0.525. The van der Waals surface area contributed by atoms with E-state index in [9.17, 15) is 0 Å². The van der Waals surface area contributed by atoms with E-state index in [0.29, 0.717) is 21.4 Å². The van der Waals surface area contributed by atoms with E-state index in [4.69, 9.17) is 21.5 Å². The van der Waals surface area contributed by atoms with E-state index >= 15 is 0 Å². The van der Waals surface area contributed by atoms with Crippen LogP contribution >= 0.6 is 15.9 Å². The van der Waals surface area contributed by atoms with Crippen molar-refractivity contribution in [2.24, 2.45) is 0 Å². The number of hydrogen-bond donors (Lipinski definition) is 4. The molecule has 0 saturated heterocycles. The molecule has 0 spiro atoms. The van der Waals surface area contributed by atoms with Gasteiger partial charge in [0.2, 0.25) is 0 Å². The van der Waals surface area contributed by atoms with E-state index in [2.05, 4.69) is 35.9 Å². The Balaban J connectivity index is 0.000000167. The Hall–Kier alpha value is -3.34. The van der Waals surface area contributed by atoms with Gasteiger partial charge in [-0.2, -0.15) is 0 Å². The Morgan fingerprint density at radius 3 is 1.70 bits per heavy atom. The molecule has 0 aliphatic rings. The number of nitrogens with zero attached hydrogens (tertiary/aromatic N) is 4. The molecule has 4 aromatic rings. The van der Waals surface area contributed by atoms with Crippen molar-refractivity contribution in [2.45, 2.75) is 0 Å². The summed E-state index contributed by atoms with van der Waals surface area (Å²) in [6.45, 7) is 0. The lowest BCUT2D eigenvalue weighted by atomic mass is 9.81. The first kappa shape index (κ1) is 22.9. The molecule has 0 saturated carbocycles. The second-order valence-electron chi connectivity index (χ2n) is 5.75. The zero-order valence-corrected chi connectivity index (χ0v) is 17.5. The van der Waals surface area contributed by atoms with Crippen LogP contribution in [0, 0.1) is 0 Å². The Bertz CT molecular complexity index is 1000. The molecule has 2 heterocycles. The summed E-state index contributed by atoms with van der Waals surface area (Å²) < 4.78 is 0.646. The Morgan fingerprint density at radius 2 is 1.27 bits per heavy atom. The maximum Gasteiger partial charge on any atom is 0.488 e. The lowest BCUT2D eigenvalue weighted by Gasteiger charge is -2.01. The third-order valence-corrected chi connectivity index (χ3v) is 4.24. The third kappa shape index (κ3) is 7.59. The molecule has 0 fully saturated rings. The zero-order chi connectivity index (χ0) is 21.8. The van der Waals surface area contributed by atoms with E-state index in [-0.39, 0.29) is 0 Å². The van der Waals surface area contributed by atoms with Crippen LogP contribution in [-0.4, -0.2) is 37.1 Å². The molecule has 0 unspecified atom stereocenters. The standard InChI is InChI=1S/C10H9N3.C6H7BO2.C4H4BrN3/c11-9-6-12-7-13-10(9)8-4-2-1-3-5-8;8-7(9)6-4-2-1-3-5-6;5-4-3(6)1-7-2-8-4/h1-7H,11H2;1-5,8-9H;1-2H,6H2. The number of halogens is 1. The van der Waals surface area contributed by atoms with Gasteiger partial charge in [0.25, 0.3) is 0 Å². The first-order valence-corrected chi connectivity index (χ1v) is 9.51. The summed E-state index contributed by atoms with van der Waals surface area (Å²) >= 11 is 3.12. The van der Waals surface area contributed by atoms with Crippen molar-refractivity contribution in [3.05, 3.63) is 90.3 Å². The first-order valence-electron chi connectivity index (χ1n) is 8.72. The fourth-order valence-corrected chi connectivity index (χ4v) is 2.32. The van der Waals surface area contributed by atoms with Crippen molar-refractivity contribution >= 4 is 39.9 Å². The van der Waals surface area contributed by atoms with Crippen molar-refractivity contribution in [1.82, 2.24) is 19.9 Å². The number of aromatic nitrogens is 4. The molecule has 8 nitrogen and oxygen atoms in total. The molecule has 6 N–H and O–H groups in total. The van der Waals surface area contributed by atoms with Crippen molar-refractivity contribution in [2.75, 3.05) is 11.5 Å². The summed E-state index contributed by atoms with van der Waals surface area (Å²) in [5.41, 5.74) is 14.6. The van der Waals surface area contributed by atoms with Gasteiger partial charge in [0, 0.05) is 5.56 Å². The molecule has 0 atom stereocenters. The number of hydrogen-bond acceptors (Lipinski definition) is 8. The highest BCUT2D eigenvalue weighted by molar-refractivity contribution is 9.10. The average molecular weight is 467 g/mol. The van der Waals surface area contributed by atoms with Gasteiger partial charge < -0.3 is 21.5 Å². The highest BCUT2D eigenvalue weighted by Crippen LogP contribution is 2.20. The van der Waals surface area contributed by atoms with E-state index < -0.39 is 7.12 Å². The van der Waals surface area contributed by atoms with E-state index in [1.54, 1.807) is 30.5 Å². The number of rotatable bonds is 2. The minimum Gasteiger partial charge on any atom is -0.423 e. The van der Waals surface area contributed by atoms with E-state index in [0.717, 1.165) is 11.3 Å². The fraction of sp³-hybridized carbons (Fsp3) is 0. The smallest absolute Gasteiger partial charge is 0.423 e. The van der Waals surface area contributed by atoms with E-state index in [1.165, 1.54) is 18.9 Å². The van der Waals surface area contributed by atoms with Crippen LogP contribution in [-0.2, 0) is 0 Å². The maximum atomic E-state index is 8.58. The van der Waals surface area contributed by atoms with Crippen LogP contribution in [0.5, 0.6) is 0 Å². The topological polar surface area (TPSA) is 144 Å². The second kappa shape index (κ2) is 12.3. The van der Waals surface area contributed by atoms with Gasteiger partial charge in [0.15, 0.2) is 0 Å². The summed E-state index contributed by atoms with van der Waals surface area (Å²) in [6.07, 6.45) is 6.07. The van der Waals surface area contributed by atoms with Crippen LogP contribution < -0.4 is 16.9 Å². The third-order valence-electron chi connectivity index (χ3n) is 3.58. The minimum atomic E-state index is -1.34. The van der Waals surface area contributed by atoms with Crippen LogP contribution in [0.2, 0.25) is 0 Å². The maximum absolute atomic E-state index is 8.58. The fourth-order valence-electron chi connectivity index (χ4n) is 2.13. The predicted octanol–water partition coefficient (Wildman–Crippen LogP) is 1.91. The number of nitrogen functional groups attached to an aromatic ring is 2. The van der Waals surface area contributed by atoms with Crippen molar-refractivity contribution < 1.29 is 10.0 Å². The number of anilines is 2. The molecule has 30 heavy (non-hydrogen) atoms. The van der Waals surface area contributed by atoms with Crippen molar-refractivity contribution in [1.29, 1.82) is 0 Å². The molecule has 4 rings (SSSR count). The largest absolute Gasteiger partial charge is 0.488 e. The highest BCUT2D eigenvalue weighted by Gasteiger charge is 2.07. The molecule has 10 heteroatoms. The predicted molar refractivity (Wildman–Crippen MR) is 122 cm³/mol. The molecule has 2 aromatic heterocycles. The lowest BCUT2D eigenvalue weighted by Crippen LogP contribution is -2.29. The van der Waals surface area contributed by atoms with Crippen LogP contribution in [0.4, 0.5) is 11.4 Å². The molecule has 0 aliphatic carbocycles. The molecule has 152 valence electrons. The van der Waals surface area contributed by atoms with Crippen LogP contribution in [0.25, 0.3) is 11.3 Å². The number of benzene rings is 2. The van der Waals surface area contributed by atoms with Gasteiger partial charge >= 0.3 is 7.12 Å². The average Bonchev–Trinajstić information content (AvgIpc) is 2.78. The van der Waals surface area contributed by atoms with Crippen molar-refractivity contribution in [3.63, 3.8) is 0 Å².